The maximum absolute atomic E-state index is 12.1. The van der Waals surface area contributed by atoms with Crippen LogP contribution in [0.5, 0.6) is 0 Å². The average molecular weight is 380 g/mol. The zero-order valence-electron chi connectivity index (χ0n) is 12.8. The molecule has 2 heterocycles. The predicted octanol–water partition coefficient (Wildman–Crippen LogP) is 3.56. The molecule has 24 heavy (non-hydrogen) atoms. The quantitative estimate of drug-likeness (QED) is 0.737. The van der Waals surface area contributed by atoms with Gasteiger partial charge in [-0.2, -0.15) is 0 Å². The topological polar surface area (TPSA) is 64.0 Å². The minimum Gasteiger partial charge on any atom is -0.300 e. The first-order valence-electron chi connectivity index (χ1n) is 7.16. The summed E-state index contributed by atoms with van der Waals surface area (Å²) in [5, 5.41) is 5.70. The number of thiazole rings is 2. The Balaban J connectivity index is 1.65. The fourth-order valence-electron chi connectivity index (χ4n) is 2.18. The Morgan fingerprint density at radius 3 is 2.88 bits per heavy atom. The van der Waals surface area contributed by atoms with E-state index in [1.54, 1.807) is 18.5 Å². The van der Waals surface area contributed by atoms with Crippen LogP contribution >= 0.6 is 34.3 Å². The molecule has 3 rings (SSSR count). The number of carbonyl (C=O) groups is 1. The Morgan fingerprint density at radius 2 is 2.17 bits per heavy atom. The van der Waals surface area contributed by atoms with E-state index in [1.165, 1.54) is 15.9 Å². The lowest BCUT2D eigenvalue weighted by molar-refractivity contribution is -0.116. The fourth-order valence-corrected chi connectivity index (χ4v) is 3.96. The molecule has 0 unspecified atom stereocenters. The van der Waals surface area contributed by atoms with E-state index >= 15 is 0 Å². The Morgan fingerprint density at radius 1 is 1.38 bits per heavy atom. The Hall–Kier alpha value is -1.96. The lowest BCUT2D eigenvalue weighted by Gasteiger charge is -2.04. The van der Waals surface area contributed by atoms with Crippen molar-refractivity contribution in [1.82, 2.24) is 9.55 Å². The molecule has 5 nitrogen and oxygen atoms in total. The summed E-state index contributed by atoms with van der Waals surface area (Å²) in [5.41, 5.74) is 1.79. The highest BCUT2D eigenvalue weighted by molar-refractivity contribution is 7.15. The van der Waals surface area contributed by atoms with Gasteiger partial charge in [0, 0.05) is 33.6 Å². The number of halogens is 1. The van der Waals surface area contributed by atoms with E-state index in [-0.39, 0.29) is 17.3 Å². The van der Waals surface area contributed by atoms with Crippen molar-refractivity contribution >= 4 is 45.3 Å². The lowest BCUT2D eigenvalue weighted by Crippen LogP contribution is -2.25. The van der Waals surface area contributed by atoms with E-state index in [2.05, 4.69) is 10.3 Å². The maximum atomic E-state index is 12.1. The van der Waals surface area contributed by atoms with Crippen LogP contribution in [0.3, 0.4) is 0 Å². The lowest BCUT2D eigenvalue weighted by atomic mass is 10.1. The molecule has 0 aliphatic rings. The molecule has 0 fully saturated rings. The standard InChI is InChI=1S/C16H14ClN3O2S2/c1-10-9-23-16(22)20(10)8-14(21)19-15-18-7-12(24-15)6-11-4-2-3-5-13(11)17/h2-5,7,9H,6,8H2,1H3,(H,18,19,21). The van der Waals surface area contributed by atoms with Gasteiger partial charge in [-0.05, 0) is 18.6 Å². The van der Waals surface area contributed by atoms with Gasteiger partial charge in [-0.3, -0.25) is 14.2 Å². The van der Waals surface area contributed by atoms with Crippen LogP contribution in [0.25, 0.3) is 0 Å². The van der Waals surface area contributed by atoms with Gasteiger partial charge in [-0.25, -0.2) is 4.98 Å². The van der Waals surface area contributed by atoms with Gasteiger partial charge in [-0.1, -0.05) is 41.1 Å². The third-order valence-corrected chi connectivity index (χ3v) is 5.56. The Kier molecular flexibility index (Phi) is 5.13. The minimum atomic E-state index is -0.266. The van der Waals surface area contributed by atoms with Crippen LogP contribution in [-0.2, 0) is 17.8 Å². The van der Waals surface area contributed by atoms with Gasteiger partial charge in [0.15, 0.2) is 5.13 Å². The number of rotatable bonds is 5. The fraction of sp³-hybridized carbons (Fsp3) is 0.188. The molecule has 1 aromatic carbocycles. The largest absolute Gasteiger partial charge is 0.307 e. The highest BCUT2D eigenvalue weighted by Crippen LogP contribution is 2.24. The van der Waals surface area contributed by atoms with Crippen LogP contribution < -0.4 is 10.2 Å². The van der Waals surface area contributed by atoms with E-state index in [0.717, 1.165) is 27.5 Å². The molecular formula is C16H14ClN3O2S2. The van der Waals surface area contributed by atoms with E-state index in [9.17, 15) is 9.59 Å². The summed E-state index contributed by atoms with van der Waals surface area (Å²) >= 11 is 8.64. The summed E-state index contributed by atoms with van der Waals surface area (Å²) in [6.45, 7) is 1.80. The summed E-state index contributed by atoms with van der Waals surface area (Å²) in [6, 6.07) is 7.64. The molecule has 8 heteroatoms. The molecule has 3 aromatic rings. The van der Waals surface area contributed by atoms with Crippen molar-refractivity contribution < 1.29 is 4.79 Å². The second-order valence-corrected chi connectivity index (χ2v) is 7.52. The number of benzene rings is 1. The predicted molar refractivity (Wildman–Crippen MR) is 98.3 cm³/mol. The van der Waals surface area contributed by atoms with Crippen LogP contribution in [0.2, 0.25) is 5.02 Å². The smallest absolute Gasteiger partial charge is 0.300 e. The molecule has 0 saturated heterocycles. The number of anilines is 1. The van der Waals surface area contributed by atoms with Gasteiger partial charge in [0.05, 0.1) is 0 Å². The second kappa shape index (κ2) is 7.29. The van der Waals surface area contributed by atoms with Crippen molar-refractivity contribution in [3.63, 3.8) is 0 Å². The zero-order valence-corrected chi connectivity index (χ0v) is 15.2. The third kappa shape index (κ3) is 3.92. The molecule has 1 amide bonds. The first-order valence-corrected chi connectivity index (χ1v) is 9.23. The molecule has 0 radical (unpaired) electrons. The van der Waals surface area contributed by atoms with E-state index in [1.807, 2.05) is 24.3 Å². The van der Waals surface area contributed by atoms with Crippen molar-refractivity contribution in [2.45, 2.75) is 19.9 Å². The van der Waals surface area contributed by atoms with E-state index < -0.39 is 0 Å². The number of aromatic nitrogens is 2. The molecule has 0 atom stereocenters. The Labute approximate surface area is 151 Å². The first kappa shape index (κ1) is 16.9. The SMILES string of the molecule is Cc1csc(=O)n1CC(=O)Nc1ncc(Cc2ccccc2Cl)s1. The normalized spacial score (nSPS) is 10.8. The maximum Gasteiger partial charge on any atom is 0.307 e. The van der Waals surface area contributed by atoms with Crippen LogP contribution in [0.1, 0.15) is 16.1 Å². The average Bonchev–Trinajstić information content (AvgIpc) is 3.11. The number of aryl methyl sites for hydroxylation is 1. The molecule has 0 bridgehead atoms. The minimum absolute atomic E-state index is 0.00636. The van der Waals surface area contributed by atoms with Gasteiger partial charge in [0.25, 0.3) is 0 Å². The number of carbonyl (C=O) groups excluding carboxylic acids is 1. The molecule has 0 aliphatic heterocycles. The molecule has 0 aliphatic carbocycles. The highest BCUT2D eigenvalue weighted by Gasteiger charge is 2.11. The van der Waals surface area contributed by atoms with Gasteiger partial charge in [0.1, 0.15) is 6.54 Å². The van der Waals surface area contributed by atoms with Gasteiger partial charge in [0.2, 0.25) is 5.91 Å². The van der Waals surface area contributed by atoms with E-state index in [0.29, 0.717) is 16.6 Å². The van der Waals surface area contributed by atoms with Crippen LogP contribution in [0, 0.1) is 6.92 Å². The van der Waals surface area contributed by atoms with Crippen molar-refractivity contribution in [3.05, 3.63) is 66.7 Å². The zero-order chi connectivity index (χ0) is 17.1. The number of hydrogen-bond acceptors (Lipinski definition) is 5. The summed E-state index contributed by atoms with van der Waals surface area (Å²) in [5.74, 6) is -0.266. The molecule has 1 N–H and O–H groups in total. The van der Waals surface area contributed by atoms with Gasteiger partial charge < -0.3 is 5.32 Å². The summed E-state index contributed by atoms with van der Waals surface area (Å²) in [7, 11) is 0. The summed E-state index contributed by atoms with van der Waals surface area (Å²) in [6.07, 6.45) is 2.39. The monoisotopic (exact) mass is 379 g/mol. The molecular weight excluding hydrogens is 366 g/mol. The summed E-state index contributed by atoms with van der Waals surface area (Å²) in [4.78, 5) is 28.8. The molecule has 0 spiro atoms. The number of hydrogen-bond donors (Lipinski definition) is 1. The van der Waals surface area contributed by atoms with E-state index in [4.69, 9.17) is 11.6 Å². The van der Waals surface area contributed by atoms with Crippen molar-refractivity contribution in [1.29, 1.82) is 0 Å². The highest BCUT2D eigenvalue weighted by atomic mass is 35.5. The number of nitrogens with zero attached hydrogens (tertiary/aromatic N) is 2. The molecule has 124 valence electrons. The molecule has 2 aromatic heterocycles. The van der Waals surface area contributed by atoms with Gasteiger partial charge >= 0.3 is 4.87 Å². The van der Waals surface area contributed by atoms with Crippen LogP contribution in [0.15, 0.2) is 40.6 Å². The Bertz CT molecular complexity index is 929. The second-order valence-electron chi connectivity index (χ2n) is 5.18. The van der Waals surface area contributed by atoms with Crippen molar-refractivity contribution in [2.24, 2.45) is 0 Å². The third-order valence-electron chi connectivity index (χ3n) is 3.40. The van der Waals surface area contributed by atoms with Gasteiger partial charge in [-0.15, -0.1) is 11.3 Å². The van der Waals surface area contributed by atoms with Crippen LogP contribution in [0.4, 0.5) is 5.13 Å². The molecule has 0 saturated carbocycles. The number of nitrogens with one attached hydrogen (secondary N) is 1. The van der Waals surface area contributed by atoms with Crippen molar-refractivity contribution in [2.75, 3.05) is 5.32 Å². The first-order chi connectivity index (χ1) is 11.5. The van der Waals surface area contributed by atoms with Crippen LogP contribution in [-0.4, -0.2) is 15.5 Å². The van der Waals surface area contributed by atoms with Crippen molar-refractivity contribution in [3.8, 4) is 0 Å². The summed E-state index contributed by atoms with van der Waals surface area (Å²) < 4.78 is 1.44. The number of amides is 1.